The fourth-order valence-corrected chi connectivity index (χ4v) is 4.64. The number of aliphatic hydroxyl groups is 1. The van der Waals surface area contributed by atoms with Crippen LogP contribution in [0.25, 0.3) is 0 Å². The Morgan fingerprint density at radius 3 is 2.41 bits per heavy atom. The van der Waals surface area contributed by atoms with Crippen molar-refractivity contribution in [1.29, 1.82) is 0 Å². The molecular formula is C11H17ClO4S. The van der Waals surface area contributed by atoms with Crippen molar-refractivity contribution in [1.82, 2.24) is 0 Å². The van der Waals surface area contributed by atoms with E-state index in [1.807, 2.05) is 0 Å². The van der Waals surface area contributed by atoms with E-state index in [9.17, 15) is 13.5 Å². The second-order valence-electron chi connectivity index (χ2n) is 4.08. The second-order valence-corrected chi connectivity index (χ2v) is 6.64. The van der Waals surface area contributed by atoms with Crippen LogP contribution in [0.2, 0.25) is 0 Å². The molecule has 1 N–H and O–H groups in total. The van der Waals surface area contributed by atoms with Crippen molar-refractivity contribution in [2.24, 2.45) is 0 Å². The Morgan fingerprint density at radius 2 is 2.06 bits per heavy atom. The van der Waals surface area contributed by atoms with Crippen molar-refractivity contribution < 1.29 is 18.3 Å². The molecule has 0 bridgehead atoms. The van der Waals surface area contributed by atoms with Crippen LogP contribution in [0.5, 0.6) is 0 Å². The molecule has 2 unspecified atom stereocenters. The summed E-state index contributed by atoms with van der Waals surface area (Å²) in [5.41, 5.74) is 0. The van der Waals surface area contributed by atoms with Gasteiger partial charge in [-0.15, -0.1) is 0 Å². The van der Waals surface area contributed by atoms with Crippen LogP contribution >= 0.6 is 11.6 Å². The highest BCUT2D eigenvalue weighted by Crippen LogP contribution is 2.34. The van der Waals surface area contributed by atoms with Gasteiger partial charge in [0.05, 0.1) is 23.5 Å². The van der Waals surface area contributed by atoms with Crippen LogP contribution in [0.3, 0.4) is 0 Å². The minimum Gasteiger partial charge on any atom is -0.500 e. The smallest absolute Gasteiger partial charge is 0.188 e. The molecule has 2 atom stereocenters. The first-order valence-corrected chi connectivity index (χ1v) is 7.26. The predicted molar refractivity (Wildman–Crippen MR) is 67.3 cm³/mol. The SMILES string of the molecule is C=C(Cl)C(=C(C)OC)S(=O)(=O)C1CCCC1O. The Hall–Kier alpha value is -0.520. The van der Waals surface area contributed by atoms with E-state index < -0.39 is 21.2 Å². The lowest BCUT2D eigenvalue weighted by Crippen LogP contribution is -2.30. The van der Waals surface area contributed by atoms with E-state index >= 15 is 0 Å². The molecule has 17 heavy (non-hydrogen) atoms. The molecule has 6 heteroatoms. The molecule has 1 fully saturated rings. The van der Waals surface area contributed by atoms with Crippen LogP contribution in [-0.2, 0) is 14.6 Å². The summed E-state index contributed by atoms with van der Waals surface area (Å²) in [5, 5.41) is 8.81. The van der Waals surface area contributed by atoms with E-state index in [1.165, 1.54) is 14.0 Å². The third-order valence-electron chi connectivity index (χ3n) is 2.97. The van der Waals surface area contributed by atoms with Crippen molar-refractivity contribution >= 4 is 21.4 Å². The predicted octanol–water partition coefficient (Wildman–Crippen LogP) is 1.94. The number of rotatable bonds is 4. The Bertz CT molecular complexity index is 438. The molecule has 98 valence electrons. The number of hydrogen-bond acceptors (Lipinski definition) is 4. The Morgan fingerprint density at radius 1 is 1.47 bits per heavy atom. The summed E-state index contributed by atoms with van der Waals surface area (Å²) < 4.78 is 29.6. The number of halogens is 1. The molecule has 4 nitrogen and oxygen atoms in total. The minimum atomic E-state index is -3.69. The van der Waals surface area contributed by atoms with Crippen LogP contribution in [0.1, 0.15) is 26.2 Å². The Balaban J connectivity index is 3.24. The van der Waals surface area contributed by atoms with Gasteiger partial charge in [0.25, 0.3) is 0 Å². The van der Waals surface area contributed by atoms with Crippen molar-refractivity contribution in [3.8, 4) is 0 Å². The number of methoxy groups -OCH3 is 1. The van der Waals surface area contributed by atoms with Gasteiger partial charge in [-0.05, 0) is 26.2 Å². The lowest BCUT2D eigenvalue weighted by atomic mass is 10.3. The maximum atomic E-state index is 12.3. The number of ether oxygens (including phenoxy) is 1. The van der Waals surface area contributed by atoms with E-state index in [1.54, 1.807) is 0 Å². The van der Waals surface area contributed by atoms with Crippen molar-refractivity contribution in [2.45, 2.75) is 37.5 Å². The van der Waals surface area contributed by atoms with Gasteiger partial charge in [0, 0.05) is 0 Å². The normalized spacial score (nSPS) is 26.6. The topological polar surface area (TPSA) is 63.6 Å². The van der Waals surface area contributed by atoms with Gasteiger partial charge in [0.2, 0.25) is 0 Å². The van der Waals surface area contributed by atoms with Gasteiger partial charge < -0.3 is 9.84 Å². The maximum Gasteiger partial charge on any atom is 0.188 e. The zero-order valence-electron chi connectivity index (χ0n) is 9.94. The highest BCUT2D eigenvalue weighted by atomic mass is 35.5. The summed E-state index contributed by atoms with van der Waals surface area (Å²) >= 11 is 5.73. The van der Waals surface area contributed by atoms with E-state index in [-0.39, 0.29) is 15.7 Å². The summed E-state index contributed by atoms with van der Waals surface area (Å²) in [6.07, 6.45) is 0.793. The second kappa shape index (κ2) is 5.42. The van der Waals surface area contributed by atoms with Crippen LogP contribution < -0.4 is 0 Å². The molecule has 0 aromatic carbocycles. The van der Waals surface area contributed by atoms with Crippen molar-refractivity contribution in [2.75, 3.05) is 7.11 Å². The van der Waals surface area contributed by atoms with Gasteiger partial charge in [-0.1, -0.05) is 18.2 Å². The molecule has 1 aliphatic carbocycles. The molecule has 0 amide bonds. The van der Waals surface area contributed by atoms with Gasteiger partial charge in [-0.25, -0.2) is 8.42 Å². The van der Waals surface area contributed by atoms with Crippen LogP contribution in [0.15, 0.2) is 22.3 Å². The molecule has 1 saturated carbocycles. The monoisotopic (exact) mass is 280 g/mol. The molecule has 0 aromatic rings. The minimum absolute atomic E-state index is 0.0801. The summed E-state index contributed by atoms with van der Waals surface area (Å²) in [4.78, 5) is -0.104. The average molecular weight is 281 g/mol. The van der Waals surface area contributed by atoms with Crippen LogP contribution in [0, 0.1) is 0 Å². The molecule has 0 aliphatic heterocycles. The van der Waals surface area contributed by atoms with Gasteiger partial charge >= 0.3 is 0 Å². The third kappa shape index (κ3) is 2.84. The van der Waals surface area contributed by atoms with Crippen LogP contribution in [0.4, 0.5) is 0 Å². The summed E-state index contributed by atoms with van der Waals surface area (Å²) in [6.45, 7) is 4.97. The molecular weight excluding hydrogens is 264 g/mol. The first kappa shape index (κ1) is 14.5. The number of aliphatic hydroxyl groups excluding tert-OH is 1. The lowest BCUT2D eigenvalue weighted by Gasteiger charge is -2.18. The number of hydrogen-bond donors (Lipinski definition) is 1. The first-order valence-electron chi connectivity index (χ1n) is 5.34. The molecule has 1 aliphatic rings. The quantitative estimate of drug-likeness (QED) is 0.631. The van der Waals surface area contributed by atoms with E-state index in [2.05, 4.69) is 6.58 Å². The standard InChI is InChI=1S/C11H17ClO4S/c1-7(12)11(8(2)16-3)17(14,15)10-6-4-5-9(10)13/h9-10,13H,1,4-6H2,2-3H3. The molecule has 1 rings (SSSR count). The van der Waals surface area contributed by atoms with Gasteiger partial charge in [-0.3, -0.25) is 0 Å². The zero-order valence-corrected chi connectivity index (χ0v) is 11.5. The van der Waals surface area contributed by atoms with Gasteiger partial charge in [0.1, 0.15) is 10.7 Å². The average Bonchev–Trinajstić information content (AvgIpc) is 2.63. The summed E-state index contributed by atoms with van der Waals surface area (Å²) in [6, 6.07) is 0. The molecule has 0 heterocycles. The van der Waals surface area contributed by atoms with E-state index in [0.717, 1.165) is 0 Å². The maximum absolute atomic E-state index is 12.3. The largest absolute Gasteiger partial charge is 0.500 e. The van der Waals surface area contributed by atoms with Crippen molar-refractivity contribution in [3.63, 3.8) is 0 Å². The summed E-state index contributed by atoms with van der Waals surface area (Å²) in [5.74, 6) is 0.198. The van der Waals surface area contributed by atoms with Crippen molar-refractivity contribution in [3.05, 3.63) is 22.3 Å². The van der Waals surface area contributed by atoms with Gasteiger partial charge in [0.15, 0.2) is 9.84 Å². The van der Waals surface area contributed by atoms with E-state index in [4.69, 9.17) is 16.3 Å². The molecule has 0 saturated heterocycles. The summed E-state index contributed by atoms with van der Waals surface area (Å²) in [7, 11) is -2.32. The lowest BCUT2D eigenvalue weighted by molar-refractivity contribution is 0.185. The molecule has 0 radical (unpaired) electrons. The first-order chi connectivity index (χ1) is 7.82. The Labute approximate surface area is 107 Å². The third-order valence-corrected chi connectivity index (χ3v) is 5.72. The fourth-order valence-electron chi connectivity index (χ4n) is 2.06. The molecule has 0 aromatic heterocycles. The number of allylic oxidation sites excluding steroid dienone is 2. The Kier molecular flexibility index (Phi) is 4.63. The highest BCUT2D eigenvalue weighted by Gasteiger charge is 2.40. The zero-order chi connectivity index (χ0) is 13.2. The number of sulfone groups is 1. The van der Waals surface area contributed by atoms with E-state index in [0.29, 0.717) is 19.3 Å². The van der Waals surface area contributed by atoms with Crippen LogP contribution in [-0.4, -0.2) is 32.0 Å². The van der Waals surface area contributed by atoms with Gasteiger partial charge in [-0.2, -0.15) is 0 Å². The fraction of sp³-hybridized carbons (Fsp3) is 0.636. The highest BCUT2D eigenvalue weighted by molar-refractivity contribution is 7.96. The molecule has 0 spiro atoms.